The second kappa shape index (κ2) is 10.6. The summed E-state index contributed by atoms with van der Waals surface area (Å²) < 4.78 is 0. The first-order chi connectivity index (χ1) is 12.7. The quantitative estimate of drug-likeness (QED) is 0.205. The Hall–Kier alpha value is -1.64. The molecule has 148 valence electrons. The Morgan fingerprint density at radius 3 is 2.33 bits per heavy atom. The Morgan fingerprint density at radius 1 is 1.11 bits per heavy atom. The van der Waals surface area contributed by atoms with Gasteiger partial charge >= 0.3 is 0 Å². The van der Waals surface area contributed by atoms with E-state index in [-0.39, 0.29) is 35.8 Å². The van der Waals surface area contributed by atoms with Gasteiger partial charge in [0.15, 0.2) is 5.96 Å². The minimum atomic E-state index is -0.176. The fourth-order valence-electron chi connectivity index (χ4n) is 3.60. The van der Waals surface area contributed by atoms with E-state index in [1.54, 1.807) is 24.3 Å². The van der Waals surface area contributed by atoms with E-state index in [2.05, 4.69) is 22.5 Å². The van der Waals surface area contributed by atoms with Gasteiger partial charge in [0, 0.05) is 25.7 Å². The van der Waals surface area contributed by atoms with Gasteiger partial charge in [-0.1, -0.05) is 25.0 Å². The van der Waals surface area contributed by atoms with Gasteiger partial charge in [0.2, 0.25) is 0 Å². The number of halogens is 1. The monoisotopic (exact) mass is 484 g/mol. The Balaban J connectivity index is 0.00000261. The number of imide groups is 1. The largest absolute Gasteiger partial charge is 0.357 e. The maximum Gasteiger partial charge on any atom is 0.261 e. The highest BCUT2D eigenvalue weighted by Crippen LogP contribution is 2.22. The van der Waals surface area contributed by atoms with Crippen molar-refractivity contribution < 1.29 is 9.59 Å². The third-order valence-electron chi connectivity index (χ3n) is 4.98. The number of fused-ring (bicyclic) bond motifs is 1. The third-order valence-corrected chi connectivity index (χ3v) is 4.98. The van der Waals surface area contributed by atoms with Crippen molar-refractivity contribution in [1.29, 1.82) is 0 Å². The van der Waals surface area contributed by atoms with Crippen molar-refractivity contribution in [2.45, 2.75) is 51.5 Å². The maximum absolute atomic E-state index is 12.3. The molecule has 1 fully saturated rings. The summed E-state index contributed by atoms with van der Waals surface area (Å²) in [6.07, 6.45) is 6.61. The van der Waals surface area contributed by atoms with Crippen LogP contribution in [0.1, 0.15) is 66.2 Å². The van der Waals surface area contributed by atoms with Crippen LogP contribution in [0, 0.1) is 0 Å². The fraction of sp³-hybridized carbons (Fsp3) is 0.550. The summed E-state index contributed by atoms with van der Waals surface area (Å²) >= 11 is 0. The Morgan fingerprint density at radius 2 is 1.74 bits per heavy atom. The van der Waals surface area contributed by atoms with Crippen LogP contribution in [0.5, 0.6) is 0 Å². The summed E-state index contributed by atoms with van der Waals surface area (Å²) in [5.41, 5.74) is 1.04. The number of rotatable bonds is 7. The van der Waals surface area contributed by atoms with Crippen LogP contribution in [0.3, 0.4) is 0 Å². The lowest BCUT2D eigenvalue weighted by molar-refractivity contribution is 0.0652. The van der Waals surface area contributed by atoms with Gasteiger partial charge in [-0.25, -0.2) is 0 Å². The topological polar surface area (TPSA) is 73.8 Å². The average Bonchev–Trinajstić information content (AvgIpc) is 3.24. The van der Waals surface area contributed by atoms with Gasteiger partial charge in [-0.3, -0.25) is 19.5 Å². The first-order valence-corrected chi connectivity index (χ1v) is 9.70. The predicted molar refractivity (Wildman–Crippen MR) is 118 cm³/mol. The van der Waals surface area contributed by atoms with E-state index in [0.29, 0.717) is 30.3 Å². The molecule has 0 saturated heterocycles. The highest BCUT2D eigenvalue weighted by molar-refractivity contribution is 14.0. The first kappa shape index (κ1) is 21.7. The number of unbranched alkanes of at least 4 members (excludes halogenated alkanes) is 1. The maximum atomic E-state index is 12.3. The van der Waals surface area contributed by atoms with Crippen LogP contribution < -0.4 is 10.6 Å². The molecule has 1 saturated carbocycles. The molecule has 0 spiro atoms. The molecule has 2 amide bonds. The summed E-state index contributed by atoms with van der Waals surface area (Å²) in [4.78, 5) is 30.6. The van der Waals surface area contributed by atoms with Crippen LogP contribution in [0.4, 0.5) is 0 Å². The van der Waals surface area contributed by atoms with Crippen LogP contribution in [0.15, 0.2) is 29.3 Å². The molecule has 6 nitrogen and oxygen atoms in total. The van der Waals surface area contributed by atoms with Crippen LogP contribution >= 0.6 is 24.0 Å². The second-order valence-electron chi connectivity index (χ2n) is 6.90. The molecule has 3 rings (SSSR count). The molecule has 1 aliphatic carbocycles. The van der Waals surface area contributed by atoms with Crippen LogP contribution in [0.2, 0.25) is 0 Å². The molecule has 1 aromatic carbocycles. The van der Waals surface area contributed by atoms with Crippen LogP contribution in [-0.4, -0.2) is 48.3 Å². The summed E-state index contributed by atoms with van der Waals surface area (Å²) in [5, 5.41) is 6.78. The zero-order valence-electron chi connectivity index (χ0n) is 15.9. The number of guanidine groups is 1. The first-order valence-electron chi connectivity index (χ1n) is 9.70. The summed E-state index contributed by atoms with van der Waals surface area (Å²) in [6.45, 7) is 4.04. The van der Waals surface area contributed by atoms with Gasteiger partial charge in [0.25, 0.3) is 11.8 Å². The number of carbonyl (C=O) groups excluding carboxylic acids is 2. The predicted octanol–water partition coefficient (Wildman–Crippen LogP) is 3.18. The van der Waals surface area contributed by atoms with Crippen LogP contribution in [0.25, 0.3) is 0 Å². The fourth-order valence-corrected chi connectivity index (χ4v) is 3.60. The second-order valence-corrected chi connectivity index (χ2v) is 6.90. The lowest BCUT2D eigenvalue weighted by atomic mass is 10.1. The van der Waals surface area contributed by atoms with E-state index < -0.39 is 0 Å². The normalized spacial score (nSPS) is 17.1. The minimum absolute atomic E-state index is 0. The number of hydrogen-bond acceptors (Lipinski definition) is 3. The lowest BCUT2D eigenvalue weighted by Crippen LogP contribution is -2.42. The van der Waals surface area contributed by atoms with Crippen LogP contribution in [-0.2, 0) is 0 Å². The number of benzene rings is 1. The average molecular weight is 484 g/mol. The van der Waals surface area contributed by atoms with Gasteiger partial charge in [-0.15, -0.1) is 24.0 Å². The third kappa shape index (κ3) is 5.43. The molecule has 0 aromatic heterocycles. The van der Waals surface area contributed by atoms with Gasteiger partial charge in [-0.2, -0.15) is 0 Å². The molecule has 0 unspecified atom stereocenters. The Kier molecular flexibility index (Phi) is 8.53. The molecule has 1 aromatic rings. The molecule has 1 aliphatic heterocycles. The molecule has 1 heterocycles. The van der Waals surface area contributed by atoms with E-state index in [1.807, 2.05) is 0 Å². The van der Waals surface area contributed by atoms with Crippen molar-refractivity contribution in [3.05, 3.63) is 35.4 Å². The van der Waals surface area contributed by atoms with E-state index in [0.717, 1.165) is 25.3 Å². The minimum Gasteiger partial charge on any atom is -0.357 e. The Labute approximate surface area is 178 Å². The lowest BCUT2D eigenvalue weighted by Gasteiger charge is -2.17. The SMILES string of the molecule is CCNC(=NCCCCN1C(=O)c2ccccc2C1=O)NC1CCCC1.I. The van der Waals surface area contributed by atoms with Gasteiger partial charge in [0.05, 0.1) is 11.1 Å². The zero-order valence-corrected chi connectivity index (χ0v) is 18.2. The van der Waals surface area contributed by atoms with Crippen molar-refractivity contribution >= 4 is 41.8 Å². The molecule has 27 heavy (non-hydrogen) atoms. The molecular weight excluding hydrogens is 455 g/mol. The molecule has 0 atom stereocenters. The van der Waals surface area contributed by atoms with Gasteiger partial charge in [0.1, 0.15) is 0 Å². The van der Waals surface area contributed by atoms with Gasteiger partial charge < -0.3 is 10.6 Å². The summed E-state index contributed by atoms with van der Waals surface area (Å²) in [6, 6.07) is 7.56. The number of hydrogen-bond donors (Lipinski definition) is 2. The highest BCUT2D eigenvalue weighted by atomic mass is 127. The van der Waals surface area contributed by atoms with E-state index >= 15 is 0 Å². The van der Waals surface area contributed by atoms with Crippen molar-refractivity contribution in [2.24, 2.45) is 4.99 Å². The van der Waals surface area contributed by atoms with Gasteiger partial charge in [-0.05, 0) is 44.7 Å². The Bertz CT molecular complexity index is 651. The smallest absolute Gasteiger partial charge is 0.261 e. The number of nitrogens with one attached hydrogen (secondary N) is 2. The molecule has 2 N–H and O–H groups in total. The molecule has 0 radical (unpaired) electrons. The number of amides is 2. The molecule has 0 bridgehead atoms. The zero-order chi connectivity index (χ0) is 18.4. The summed E-state index contributed by atoms with van der Waals surface area (Å²) in [5.74, 6) is 0.524. The van der Waals surface area contributed by atoms with E-state index in [9.17, 15) is 9.59 Å². The van der Waals surface area contributed by atoms with Crippen molar-refractivity contribution in [3.8, 4) is 0 Å². The van der Waals surface area contributed by atoms with Crippen molar-refractivity contribution in [1.82, 2.24) is 15.5 Å². The molecular formula is C20H29IN4O2. The van der Waals surface area contributed by atoms with E-state index in [1.165, 1.54) is 30.6 Å². The molecule has 2 aliphatic rings. The number of nitrogens with zero attached hydrogens (tertiary/aromatic N) is 2. The highest BCUT2D eigenvalue weighted by Gasteiger charge is 2.34. The number of aliphatic imine (C=N–C) groups is 1. The van der Waals surface area contributed by atoms with Crippen molar-refractivity contribution in [2.75, 3.05) is 19.6 Å². The summed E-state index contributed by atoms with van der Waals surface area (Å²) in [7, 11) is 0. The standard InChI is InChI=1S/C20H28N4O2.HI/c1-2-21-20(23-15-9-3-4-10-15)22-13-7-8-14-24-18(25)16-11-5-6-12-17(16)19(24)26;/h5-6,11-12,15H,2-4,7-10,13-14H2,1H3,(H2,21,22,23);1H. The van der Waals surface area contributed by atoms with E-state index in [4.69, 9.17) is 0 Å². The van der Waals surface area contributed by atoms with Crippen molar-refractivity contribution in [3.63, 3.8) is 0 Å². The number of carbonyl (C=O) groups is 2. The molecule has 7 heteroatoms.